The Labute approximate surface area is 184 Å². The molecule has 164 valence electrons. The minimum atomic E-state index is -3.62. The lowest BCUT2D eigenvalue weighted by Gasteiger charge is -2.34. The molecule has 31 heavy (non-hydrogen) atoms. The van der Waals surface area contributed by atoms with Crippen LogP contribution in [0.25, 0.3) is 0 Å². The molecule has 0 saturated carbocycles. The molecule has 0 aromatic heterocycles. The van der Waals surface area contributed by atoms with Gasteiger partial charge >= 0.3 is 0 Å². The molecule has 6 nitrogen and oxygen atoms in total. The van der Waals surface area contributed by atoms with E-state index in [9.17, 15) is 13.2 Å². The van der Waals surface area contributed by atoms with E-state index in [0.29, 0.717) is 24.6 Å². The smallest absolute Gasteiger partial charge is 0.263 e. The van der Waals surface area contributed by atoms with Crippen molar-refractivity contribution in [3.8, 4) is 0 Å². The number of hydrogen-bond donors (Lipinski definition) is 1. The number of likely N-dealkylation sites (tertiary alicyclic amines) is 1. The summed E-state index contributed by atoms with van der Waals surface area (Å²) in [6, 6.07) is 16.6. The molecule has 1 amide bonds. The lowest BCUT2D eigenvalue weighted by Crippen LogP contribution is -2.45. The third-order valence-corrected chi connectivity index (χ3v) is 7.51. The number of amidine groups is 1. The summed E-state index contributed by atoms with van der Waals surface area (Å²) in [4.78, 5) is 20.0. The van der Waals surface area contributed by atoms with Gasteiger partial charge in [0, 0.05) is 18.7 Å². The highest BCUT2D eigenvalue weighted by Gasteiger charge is 2.34. The Kier molecular flexibility index (Phi) is 6.14. The maximum absolute atomic E-state index is 13.3. The average molecular weight is 440 g/mol. The summed E-state index contributed by atoms with van der Waals surface area (Å²) in [5, 5.41) is 0. The van der Waals surface area contributed by atoms with Gasteiger partial charge in [-0.1, -0.05) is 56.3 Å². The number of aliphatic imine (C=N–C) groups is 1. The van der Waals surface area contributed by atoms with Crippen molar-refractivity contribution in [1.29, 1.82) is 0 Å². The molecule has 0 unspecified atom stereocenters. The number of sulfonamides is 1. The number of rotatable bonds is 5. The minimum absolute atomic E-state index is 0.0239. The van der Waals surface area contributed by atoms with Crippen molar-refractivity contribution in [1.82, 2.24) is 9.62 Å². The Balaban J connectivity index is 1.46. The van der Waals surface area contributed by atoms with E-state index in [1.165, 1.54) is 5.56 Å². The molecule has 1 N–H and O–H groups in total. The largest absolute Gasteiger partial charge is 0.341 e. The highest BCUT2D eigenvalue weighted by Crippen LogP contribution is 2.26. The van der Waals surface area contributed by atoms with Crippen LogP contribution in [0.5, 0.6) is 0 Å². The molecular formula is C24H29N3O3S. The van der Waals surface area contributed by atoms with Crippen LogP contribution in [0.4, 0.5) is 0 Å². The number of piperidine rings is 1. The van der Waals surface area contributed by atoms with Gasteiger partial charge in [0.25, 0.3) is 10.0 Å². The Morgan fingerprint density at radius 2 is 1.71 bits per heavy atom. The van der Waals surface area contributed by atoms with E-state index in [0.717, 1.165) is 19.3 Å². The van der Waals surface area contributed by atoms with E-state index >= 15 is 0 Å². The van der Waals surface area contributed by atoms with Gasteiger partial charge in [0.2, 0.25) is 5.91 Å². The van der Waals surface area contributed by atoms with E-state index in [4.69, 9.17) is 0 Å². The number of nitrogens with one attached hydrogen (secondary N) is 1. The molecule has 1 saturated heterocycles. The average Bonchev–Trinajstić information content (AvgIpc) is 3.03. The fraction of sp³-hybridized carbons (Fsp3) is 0.417. The lowest BCUT2D eigenvalue weighted by molar-refractivity contribution is -0.134. The SMILES string of the molecule is CC(C)[C@H](N=C1NS(=O)(=O)c2ccccc21)C(=O)N1CCC(Cc2ccccc2)CC1. The number of hydrogen-bond acceptors (Lipinski definition) is 4. The Bertz CT molecular complexity index is 1070. The van der Waals surface area contributed by atoms with Crippen LogP contribution >= 0.6 is 0 Å². The highest BCUT2D eigenvalue weighted by molar-refractivity contribution is 7.90. The number of amides is 1. The van der Waals surface area contributed by atoms with Gasteiger partial charge < -0.3 is 4.90 Å². The number of carbonyl (C=O) groups is 1. The maximum atomic E-state index is 13.3. The van der Waals surface area contributed by atoms with Gasteiger partial charge in [-0.05, 0) is 48.8 Å². The summed E-state index contributed by atoms with van der Waals surface area (Å²) in [5.41, 5.74) is 1.87. The van der Waals surface area contributed by atoms with Crippen LogP contribution in [0, 0.1) is 11.8 Å². The van der Waals surface area contributed by atoms with Crippen molar-refractivity contribution >= 4 is 21.8 Å². The molecule has 7 heteroatoms. The first kappa shape index (κ1) is 21.6. The van der Waals surface area contributed by atoms with Crippen molar-refractivity contribution in [3.05, 3.63) is 65.7 Å². The van der Waals surface area contributed by atoms with Crippen molar-refractivity contribution in [3.63, 3.8) is 0 Å². The molecule has 0 aliphatic carbocycles. The second-order valence-corrected chi connectivity index (χ2v) is 10.4. The van der Waals surface area contributed by atoms with Crippen LogP contribution in [-0.2, 0) is 21.2 Å². The molecule has 0 spiro atoms. The van der Waals surface area contributed by atoms with Crippen LogP contribution in [0.2, 0.25) is 0 Å². The van der Waals surface area contributed by atoms with Crippen molar-refractivity contribution in [2.45, 2.75) is 44.0 Å². The van der Waals surface area contributed by atoms with E-state index in [1.54, 1.807) is 24.3 Å². The Morgan fingerprint density at radius 3 is 2.39 bits per heavy atom. The summed E-state index contributed by atoms with van der Waals surface area (Å²) >= 11 is 0. The lowest BCUT2D eigenvalue weighted by atomic mass is 9.89. The molecule has 2 aromatic carbocycles. The first-order valence-corrected chi connectivity index (χ1v) is 12.4. The van der Waals surface area contributed by atoms with Crippen molar-refractivity contribution in [2.24, 2.45) is 16.8 Å². The van der Waals surface area contributed by atoms with E-state index in [-0.39, 0.29) is 22.6 Å². The molecule has 2 aliphatic heterocycles. The van der Waals surface area contributed by atoms with Crippen LogP contribution in [0.1, 0.15) is 37.8 Å². The Morgan fingerprint density at radius 1 is 1.06 bits per heavy atom. The third-order valence-electron chi connectivity index (χ3n) is 6.11. The van der Waals surface area contributed by atoms with Crippen molar-refractivity contribution < 1.29 is 13.2 Å². The predicted octanol–water partition coefficient (Wildman–Crippen LogP) is 3.23. The summed E-state index contributed by atoms with van der Waals surface area (Å²) in [6.07, 6.45) is 2.98. The first-order chi connectivity index (χ1) is 14.8. The summed E-state index contributed by atoms with van der Waals surface area (Å²) in [5.74, 6) is 0.772. The summed E-state index contributed by atoms with van der Waals surface area (Å²) in [7, 11) is -3.62. The van der Waals surface area contributed by atoms with Gasteiger partial charge in [-0.3, -0.25) is 14.5 Å². The third kappa shape index (κ3) is 4.66. The van der Waals surface area contributed by atoms with E-state index < -0.39 is 16.1 Å². The first-order valence-electron chi connectivity index (χ1n) is 10.9. The van der Waals surface area contributed by atoms with Crippen LogP contribution < -0.4 is 4.72 Å². The molecule has 1 atom stereocenters. The fourth-order valence-corrected chi connectivity index (χ4v) is 5.59. The number of fused-ring (bicyclic) bond motifs is 1. The van der Waals surface area contributed by atoms with Gasteiger partial charge in [-0.25, -0.2) is 8.42 Å². The molecule has 1 fully saturated rings. The standard InChI is InChI=1S/C24H29N3O3S/c1-17(2)22(25-23-20-10-6-7-11-21(20)31(29,30)26-23)24(28)27-14-12-19(13-15-27)16-18-8-4-3-5-9-18/h3-11,17,19,22H,12-16H2,1-2H3,(H,25,26)/t22-/m0/s1. The van der Waals surface area contributed by atoms with E-state index in [2.05, 4.69) is 34.0 Å². The molecular weight excluding hydrogens is 410 g/mol. The number of benzene rings is 2. The molecule has 2 heterocycles. The predicted molar refractivity (Wildman–Crippen MR) is 121 cm³/mol. The van der Waals surface area contributed by atoms with Gasteiger partial charge in [0.15, 0.2) is 0 Å². The maximum Gasteiger partial charge on any atom is 0.263 e. The van der Waals surface area contributed by atoms with Gasteiger partial charge in [-0.15, -0.1) is 0 Å². The van der Waals surface area contributed by atoms with Gasteiger partial charge in [-0.2, -0.15) is 0 Å². The van der Waals surface area contributed by atoms with Crippen molar-refractivity contribution in [2.75, 3.05) is 13.1 Å². The summed E-state index contributed by atoms with van der Waals surface area (Å²) in [6.45, 7) is 5.33. The minimum Gasteiger partial charge on any atom is -0.341 e. The van der Waals surface area contributed by atoms with Gasteiger partial charge in [0.1, 0.15) is 11.9 Å². The molecule has 0 radical (unpaired) electrons. The monoisotopic (exact) mass is 439 g/mol. The quantitative estimate of drug-likeness (QED) is 0.777. The second-order valence-electron chi connectivity index (χ2n) is 8.73. The van der Waals surface area contributed by atoms with Crippen LogP contribution in [0.3, 0.4) is 0 Å². The zero-order valence-electron chi connectivity index (χ0n) is 18.0. The van der Waals surface area contributed by atoms with Crippen LogP contribution in [0.15, 0.2) is 64.5 Å². The summed E-state index contributed by atoms with van der Waals surface area (Å²) < 4.78 is 27.3. The topological polar surface area (TPSA) is 78.8 Å². The van der Waals surface area contributed by atoms with Gasteiger partial charge in [0.05, 0.1) is 4.90 Å². The highest BCUT2D eigenvalue weighted by atomic mass is 32.2. The Hall–Kier alpha value is -2.67. The second kappa shape index (κ2) is 8.83. The van der Waals surface area contributed by atoms with Crippen LogP contribution in [-0.4, -0.2) is 44.2 Å². The number of nitrogens with zero attached hydrogens (tertiary/aromatic N) is 2. The molecule has 0 bridgehead atoms. The number of carbonyl (C=O) groups excluding carboxylic acids is 1. The zero-order chi connectivity index (χ0) is 22.0. The molecule has 2 aromatic rings. The molecule has 2 aliphatic rings. The fourth-order valence-electron chi connectivity index (χ4n) is 4.35. The molecule has 4 rings (SSSR count). The normalized spacial score (nSPS) is 20.5. The zero-order valence-corrected chi connectivity index (χ0v) is 18.8. The van der Waals surface area contributed by atoms with E-state index in [1.807, 2.05) is 24.8 Å².